The summed E-state index contributed by atoms with van der Waals surface area (Å²) in [7, 11) is 0. The van der Waals surface area contributed by atoms with E-state index < -0.39 is 0 Å². The molecule has 0 saturated heterocycles. The van der Waals surface area contributed by atoms with E-state index in [0.717, 1.165) is 21.2 Å². The topological polar surface area (TPSA) is 17.1 Å². The van der Waals surface area contributed by atoms with E-state index in [0.29, 0.717) is 0 Å². The van der Waals surface area contributed by atoms with Crippen LogP contribution in [-0.4, -0.2) is 5.78 Å². The first kappa shape index (κ1) is 10.5. The minimum atomic E-state index is 0.121. The van der Waals surface area contributed by atoms with Crippen LogP contribution in [0.15, 0.2) is 10.5 Å². The van der Waals surface area contributed by atoms with Crippen molar-refractivity contribution in [3.8, 4) is 0 Å². The van der Waals surface area contributed by atoms with Gasteiger partial charge in [0.25, 0.3) is 0 Å². The summed E-state index contributed by atoms with van der Waals surface area (Å²) < 4.78 is 0.933. The van der Waals surface area contributed by atoms with Gasteiger partial charge in [-0.05, 0) is 60.3 Å². The van der Waals surface area contributed by atoms with Gasteiger partial charge < -0.3 is 0 Å². The molecule has 0 aliphatic heterocycles. The maximum absolute atomic E-state index is 11.4. The Morgan fingerprint density at radius 3 is 2.23 bits per heavy atom. The highest BCUT2D eigenvalue weighted by Gasteiger charge is 2.12. The molecular weight excluding hydrogens is 228 g/mol. The second-order valence-corrected chi connectivity index (χ2v) is 4.17. The fourth-order valence-electron chi connectivity index (χ4n) is 1.47. The van der Waals surface area contributed by atoms with Crippen molar-refractivity contribution < 1.29 is 4.79 Å². The van der Waals surface area contributed by atoms with E-state index in [1.54, 1.807) is 6.92 Å². The molecule has 0 amide bonds. The Morgan fingerprint density at radius 2 is 1.77 bits per heavy atom. The Morgan fingerprint density at radius 1 is 1.23 bits per heavy atom. The summed E-state index contributed by atoms with van der Waals surface area (Å²) in [5.41, 5.74) is 4.18. The standard InChI is InChI=1S/C11H13BrO/c1-6-5-7(2)11(12)10(8(6)3)9(4)13/h5H,1-4H3. The van der Waals surface area contributed by atoms with Crippen molar-refractivity contribution in [3.63, 3.8) is 0 Å². The van der Waals surface area contributed by atoms with Crippen LogP contribution in [0.2, 0.25) is 0 Å². The van der Waals surface area contributed by atoms with E-state index in [1.165, 1.54) is 5.56 Å². The van der Waals surface area contributed by atoms with E-state index in [4.69, 9.17) is 0 Å². The summed E-state index contributed by atoms with van der Waals surface area (Å²) in [6.45, 7) is 7.62. The SMILES string of the molecule is CC(=O)c1c(C)c(C)cc(C)c1Br. The van der Waals surface area contributed by atoms with Crippen LogP contribution in [-0.2, 0) is 0 Å². The zero-order valence-electron chi connectivity index (χ0n) is 8.36. The van der Waals surface area contributed by atoms with Crippen LogP contribution in [0.3, 0.4) is 0 Å². The maximum Gasteiger partial charge on any atom is 0.161 e. The lowest BCUT2D eigenvalue weighted by Gasteiger charge is -2.10. The Balaban J connectivity index is 3.56. The highest BCUT2D eigenvalue weighted by atomic mass is 79.9. The molecule has 0 N–H and O–H groups in total. The van der Waals surface area contributed by atoms with Gasteiger partial charge in [0.1, 0.15) is 0 Å². The summed E-state index contributed by atoms with van der Waals surface area (Å²) in [5.74, 6) is 0.121. The number of carbonyl (C=O) groups is 1. The number of carbonyl (C=O) groups excluding carboxylic acids is 1. The number of hydrogen-bond acceptors (Lipinski definition) is 1. The lowest BCUT2D eigenvalue weighted by atomic mass is 9.98. The third-order valence-electron chi connectivity index (χ3n) is 2.32. The number of halogens is 1. The summed E-state index contributed by atoms with van der Waals surface area (Å²) in [6.07, 6.45) is 0. The molecule has 0 spiro atoms. The highest BCUT2D eigenvalue weighted by molar-refractivity contribution is 9.10. The minimum Gasteiger partial charge on any atom is -0.294 e. The lowest BCUT2D eigenvalue weighted by Crippen LogP contribution is -2.01. The number of benzene rings is 1. The molecule has 0 bridgehead atoms. The molecule has 0 fully saturated rings. The molecule has 0 unspecified atom stereocenters. The molecule has 2 heteroatoms. The third kappa shape index (κ3) is 1.83. The van der Waals surface area contributed by atoms with Gasteiger partial charge in [-0.1, -0.05) is 6.07 Å². The summed E-state index contributed by atoms with van der Waals surface area (Å²) in [4.78, 5) is 11.4. The van der Waals surface area contributed by atoms with Gasteiger partial charge in [-0.2, -0.15) is 0 Å². The summed E-state index contributed by atoms with van der Waals surface area (Å²) in [6, 6.07) is 2.09. The molecule has 0 aliphatic rings. The van der Waals surface area contributed by atoms with Crippen molar-refractivity contribution in [3.05, 3.63) is 32.8 Å². The molecule has 1 aromatic carbocycles. The molecule has 1 nitrogen and oxygen atoms in total. The quantitative estimate of drug-likeness (QED) is 0.687. The van der Waals surface area contributed by atoms with Gasteiger partial charge in [-0.25, -0.2) is 0 Å². The predicted octanol–water partition coefficient (Wildman–Crippen LogP) is 3.58. The van der Waals surface area contributed by atoms with Crippen molar-refractivity contribution in [2.75, 3.05) is 0 Å². The largest absolute Gasteiger partial charge is 0.294 e. The molecule has 0 atom stereocenters. The molecule has 1 aromatic rings. The van der Waals surface area contributed by atoms with Gasteiger partial charge in [0, 0.05) is 10.0 Å². The van der Waals surface area contributed by atoms with Gasteiger partial charge in [0.15, 0.2) is 5.78 Å². The number of rotatable bonds is 1. The number of aryl methyl sites for hydroxylation is 2. The van der Waals surface area contributed by atoms with E-state index >= 15 is 0 Å². The molecule has 70 valence electrons. The highest BCUT2D eigenvalue weighted by Crippen LogP contribution is 2.27. The van der Waals surface area contributed by atoms with Crippen LogP contribution in [0.1, 0.15) is 34.0 Å². The summed E-state index contributed by atoms with van der Waals surface area (Å²) >= 11 is 3.44. The average molecular weight is 241 g/mol. The van der Waals surface area contributed by atoms with Crippen LogP contribution in [0.5, 0.6) is 0 Å². The summed E-state index contributed by atoms with van der Waals surface area (Å²) in [5, 5.41) is 0. The van der Waals surface area contributed by atoms with Crippen molar-refractivity contribution in [1.82, 2.24) is 0 Å². The molecule has 0 aliphatic carbocycles. The Labute approximate surface area is 87.3 Å². The predicted molar refractivity (Wildman–Crippen MR) is 58.4 cm³/mol. The molecule has 13 heavy (non-hydrogen) atoms. The molecular formula is C11H13BrO. The first-order valence-corrected chi connectivity index (χ1v) is 5.01. The van der Waals surface area contributed by atoms with Crippen molar-refractivity contribution in [1.29, 1.82) is 0 Å². The fraction of sp³-hybridized carbons (Fsp3) is 0.364. The molecule has 0 heterocycles. The van der Waals surface area contributed by atoms with Crippen molar-refractivity contribution >= 4 is 21.7 Å². The van der Waals surface area contributed by atoms with E-state index in [-0.39, 0.29) is 5.78 Å². The van der Waals surface area contributed by atoms with Crippen LogP contribution < -0.4 is 0 Å². The fourth-order valence-corrected chi connectivity index (χ4v) is 2.16. The Hall–Kier alpha value is -0.630. The van der Waals surface area contributed by atoms with Crippen LogP contribution >= 0.6 is 15.9 Å². The van der Waals surface area contributed by atoms with Crippen LogP contribution in [0.25, 0.3) is 0 Å². The molecule has 0 aromatic heterocycles. The van der Waals surface area contributed by atoms with E-state index in [2.05, 4.69) is 22.0 Å². The van der Waals surface area contributed by atoms with Crippen molar-refractivity contribution in [2.45, 2.75) is 27.7 Å². The van der Waals surface area contributed by atoms with Gasteiger partial charge >= 0.3 is 0 Å². The van der Waals surface area contributed by atoms with Gasteiger partial charge in [-0.15, -0.1) is 0 Å². The molecule has 0 saturated carbocycles. The second kappa shape index (κ2) is 3.62. The minimum absolute atomic E-state index is 0.121. The zero-order valence-corrected chi connectivity index (χ0v) is 9.95. The monoisotopic (exact) mass is 240 g/mol. The van der Waals surface area contributed by atoms with Crippen LogP contribution in [0.4, 0.5) is 0 Å². The van der Waals surface area contributed by atoms with Gasteiger partial charge in [0.05, 0.1) is 0 Å². The Kier molecular flexibility index (Phi) is 2.91. The molecule has 1 rings (SSSR count). The number of hydrogen-bond donors (Lipinski definition) is 0. The first-order valence-electron chi connectivity index (χ1n) is 4.22. The van der Waals surface area contributed by atoms with E-state index in [1.807, 2.05) is 20.8 Å². The van der Waals surface area contributed by atoms with E-state index in [9.17, 15) is 4.79 Å². The maximum atomic E-state index is 11.4. The Bertz CT molecular complexity index is 341. The molecule has 0 radical (unpaired) electrons. The van der Waals surface area contributed by atoms with Gasteiger partial charge in [0.2, 0.25) is 0 Å². The lowest BCUT2D eigenvalue weighted by molar-refractivity contribution is 0.101. The number of Topliss-reactive ketones (excluding diaryl/α,β-unsaturated/α-hetero) is 1. The van der Waals surface area contributed by atoms with Crippen molar-refractivity contribution in [2.24, 2.45) is 0 Å². The average Bonchev–Trinajstić information content (AvgIpc) is 2.01. The third-order valence-corrected chi connectivity index (χ3v) is 3.34. The van der Waals surface area contributed by atoms with Crippen LogP contribution in [0, 0.1) is 20.8 Å². The normalized spacial score (nSPS) is 10.2. The zero-order chi connectivity index (χ0) is 10.2. The number of ketones is 1. The smallest absolute Gasteiger partial charge is 0.161 e. The first-order chi connectivity index (χ1) is 5.95. The van der Waals surface area contributed by atoms with Gasteiger partial charge in [-0.3, -0.25) is 4.79 Å². The second-order valence-electron chi connectivity index (χ2n) is 3.38.